The lowest BCUT2D eigenvalue weighted by molar-refractivity contribution is -0.384. The number of nitro groups is 1. The molecule has 3 rings (SSSR count). The van der Waals surface area contributed by atoms with Gasteiger partial charge in [0.2, 0.25) is 15.9 Å². The van der Waals surface area contributed by atoms with Crippen molar-refractivity contribution in [3.05, 3.63) is 58.4 Å². The van der Waals surface area contributed by atoms with E-state index in [4.69, 9.17) is 4.74 Å². The van der Waals surface area contributed by atoms with Gasteiger partial charge >= 0.3 is 0 Å². The van der Waals surface area contributed by atoms with Crippen molar-refractivity contribution >= 4 is 39.1 Å². The van der Waals surface area contributed by atoms with Crippen LogP contribution in [0.3, 0.4) is 0 Å². The Morgan fingerprint density at radius 1 is 1.23 bits per heavy atom. The second-order valence-corrected chi connectivity index (χ2v) is 9.98. The minimum Gasteiger partial charge on any atom is -0.379 e. The number of sulfonamides is 1. The zero-order valence-electron chi connectivity index (χ0n) is 16.5. The number of morpholine rings is 1. The Morgan fingerprint density at radius 3 is 2.48 bits per heavy atom. The van der Waals surface area contributed by atoms with E-state index in [1.807, 2.05) is 0 Å². The van der Waals surface area contributed by atoms with E-state index in [1.165, 1.54) is 42.1 Å². The maximum atomic E-state index is 14.3. The molecule has 0 spiro atoms. The third-order valence-electron chi connectivity index (χ3n) is 4.52. The van der Waals surface area contributed by atoms with E-state index in [-0.39, 0.29) is 37.7 Å². The molecule has 0 aromatic heterocycles. The molecule has 1 amide bonds. The normalized spacial score (nSPS) is 15.9. The van der Waals surface area contributed by atoms with E-state index < -0.39 is 36.8 Å². The molecule has 1 saturated heterocycles. The lowest BCUT2D eigenvalue weighted by atomic mass is 10.3. The second-order valence-electron chi connectivity index (χ2n) is 6.66. The van der Waals surface area contributed by atoms with Gasteiger partial charge in [-0.05, 0) is 37.3 Å². The van der Waals surface area contributed by atoms with E-state index in [0.29, 0.717) is 4.90 Å². The fourth-order valence-electron chi connectivity index (χ4n) is 2.85. The van der Waals surface area contributed by atoms with Crippen molar-refractivity contribution in [2.24, 2.45) is 0 Å². The third-order valence-corrected chi connectivity index (χ3v) is 7.54. The van der Waals surface area contributed by atoms with Crippen LogP contribution in [0.25, 0.3) is 0 Å². The summed E-state index contributed by atoms with van der Waals surface area (Å²) >= 11 is 1.18. The van der Waals surface area contributed by atoms with Crippen molar-refractivity contribution in [2.75, 3.05) is 31.6 Å². The lowest BCUT2D eigenvalue weighted by Gasteiger charge is -2.26. The standard InChI is InChI=1S/C19H20FN3O6S2/c1-13(30-16-5-3-15(4-6-16)23(25)26)19(24)21-14-2-7-17(20)18(12-14)31(27,28)22-8-10-29-11-9-22/h2-7,12-13H,8-11H2,1H3,(H,21,24)/t13-/m1/s1. The van der Waals surface area contributed by atoms with Gasteiger partial charge < -0.3 is 10.1 Å². The Balaban J connectivity index is 1.71. The van der Waals surface area contributed by atoms with E-state index in [1.54, 1.807) is 6.92 Å². The van der Waals surface area contributed by atoms with Crippen LogP contribution in [0.2, 0.25) is 0 Å². The Bertz CT molecular complexity index is 1070. The number of anilines is 1. The summed E-state index contributed by atoms with van der Waals surface area (Å²) in [5.74, 6) is -1.33. The molecule has 1 N–H and O–H groups in total. The van der Waals surface area contributed by atoms with Crippen LogP contribution in [0.4, 0.5) is 15.8 Å². The topological polar surface area (TPSA) is 119 Å². The van der Waals surface area contributed by atoms with Gasteiger partial charge in [-0.3, -0.25) is 14.9 Å². The molecule has 2 aromatic rings. The van der Waals surface area contributed by atoms with Gasteiger partial charge in [-0.2, -0.15) is 4.31 Å². The molecule has 0 radical (unpaired) electrons. The average Bonchev–Trinajstić information content (AvgIpc) is 2.76. The summed E-state index contributed by atoms with van der Waals surface area (Å²) in [6, 6.07) is 9.15. The number of benzene rings is 2. The quantitative estimate of drug-likeness (QED) is 0.376. The van der Waals surface area contributed by atoms with Gasteiger partial charge in [0.25, 0.3) is 5.69 Å². The molecule has 1 atom stereocenters. The molecule has 1 heterocycles. The molecule has 2 aromatic carbocycles. The van der Waals surface area contributed by atoms with Crippen LogP contribution in [0.15, 0.2) is 52.3 Å². The lowest BCUT2D eigenvalue weighted by Crippen LogP contribution is -2.40. The van der Waals surface area contributed by atoms with Crippen molar-refractivity contribution in [2.45, 2.75) is 22.0 Å². The Hall–Kier alpha value is -2.54. The van der Waals surface area contributed by atoms with Gasteiger partial charge in [-0.15, -0.1) is 11.8 Å². The maximum Gasteiger partial charge on any atom is 0.269 e. The smallest absolute Gasteiger partial charge is 0.269 e. The molecule has 12 heteroatoms. The summed E-state index contributed by atoms with van der Waals surface area (Å²) in [6.07, 6.45) is 0. The number of carbonyl (C=O) groups excluding carboxylic acids is 1. The molecular formula is C19H20FN3O6S2. The first-order valence-electron chi connectivity index (χ1n) is 9.28. The Labute approximate surface area is 182 Å². The molecule has 9 nitrogen and oxygen atoms in total. The Morgan fingerprint density at radius 2 is 1.87 bits per heavy atom. The minimum absolute atomic E-state index is 0.0539. The monoisotopic (exact) mass is 469 g/mol. The Kier molecular flexibility index (Phi) is 7.26. The number of carbonyl (C=O) groups is 1. The van der Waals surface area contributed by atoms with E-state index in [2.05, 4.69) is 5.32 Å². The highest BCUT2D eigenvalue weighted by molar-refractivity contribution is 8.00. The fraction of sp³-hybridized carbons (Fsp3) is 0.316. The van der Waals surface area contributed by atoms with Crippen LogP contribution >= 0.6 is 11.8 Å². The molecule has 0 bridgehead atoms. The van der Waals surface area contributed by atoms with Crippen molar-refractivity contribution in [3.63, 3.8) is 0 Å². The highest BCUT2D eigenvalue weighted by Gasteiger charge is 2.29. The summed E-state index contributed by atoms with van der Waals surface area (Å²) in [7, 11) is -4.06. The van der Waals surface area contributed by atoms with Gasteiger partial charge in [0, 0.05) is 35.8 Å². The van der Waals surface area contributed by atoms with E-state index in [9.17, 15) is 27.7 Å². The summed E-state index contributed by atoms with van der Waals surface area (Å²) in [6.45, 7) is 2.35. The number of rotatable bonds is 7. The number of nitrogens with zero attached hydrogens (tertiary/aromatic N) is 2. The first-order valence-corrected chi connectivity index (χ1v) is 11.6. The van der Waals surface area contributed by atoms with Crippen molar-refractivity contribution in [3.8, 4) is 0 Å². The van der Waals surface area contributed by atoms with Crippen LogP contribution in [0.5, 0.6) is 0 Å². The summed E-state index contributed by atoms with van der Waals surface area (Å²) in [4.78, 5) is 22.9. The van der Waals surface area contributed by atoms with E-state index in [0.717, 1.165) is 16.4 Å². The largest absolute Gasteiger partial charge is 0.379 e. The molecule has 0 saturated carbocycles. The number of hydrogen-bond donors (Lipinski definition) is 1. The number of nitro benzene ring substituents is 1. The van der Waals surface area contributed by atoms with Crippen LogP contribution < -0.4 is 5.32 Å². The summed E-state index contributed by atoms with van der Waals surface area (Å²) < 4.78 is 46.1. The first-order chi connectivity index (χ1) is 14.7. The van der Waals surface area contributed by atoms with Crippen molar-refractivity contribution in [1.82, 2.24) is 4.31 Å². The van der Waals surface area contributed by atoms with Gasteiger partial charge in [-0.25, -0.2) is 12.8 Å². The number of nitrogens with one attached hydrogen (secondary N) is 1. The zero-order valence-corrected chi connectivity index (χ0v) is 18.1. The van der Waals surface area contributed by atoms with Gasteiger partial charge in [-0.1, -0.05) is 0 Å². The van der Waals surface area contributed by atoms with Gasteiger partial charge in [0.1, 0.15) is 10.7 Å². The van der Waals surface area contributed by atoms with Crippen LogP contribution in [-0.2, 0) is 19.6 Å². The number of halogens is 1. The van der Waals surface area contributed by atoms with Crippen LogP contribution in [0, 0.1) is 15.9 Å². The van der Waals surface area contributed by atoms with Gasteiger partial charge in [0.15, 0.2) is 0 Å². The number of amides is 1. The molecule has 31 heavy (non-hydrogen) atoms. The average molecular weight is 470 g/mol. The summed E-state index contributed by atoms with van der Waals surface area (Å²) in [5.41, 5.74) is 0.0937. The summed E-state index contributed by atoms with van der Waals surface area (Å²) in [5, 5.41) is 12.7. The molecule has 1 aliphatic rings. The molecular weight excluding hydrogens is 449 g/mol. The van der Waals surface area contributed by atoms with Crippen LogP contribution in [0.1, 0.15) is 6.92 Å². The minimum atomic E-state index is -4.06. The highest BCUT2D eigenvalue weighted by atomic mass is 32.2. The predicted octanol–water partition coefficient (Wildman–Crippen LogP) is 2.87. The SMILES string of the molecule is C[C@@H](Sc1ccc([N+](=O)[O-])cc1)C(=O)Nc1ccc(F)c(S(=O)(=O)N2CCOCC2)c1. The van der Waals surface area contributed by atoms with E-state index >= 15 is 0 Å². The fourth-order valence-corrected chi connectivity index (χ4v) is 5.22. The molecule has 0 unspecified atom stereocenters. The molecule has 166 valence electrons. The molecule has 1 fully saturated rings. The number of thioether (sulfide) groups is 1. The van der Waals surface area contributed by atoms with Gasteiger partial charge in [0.05, 0.1) is 23.4 Å². The number of ether oxygens (including phenoxy) is 1. The zero-order chi connectivity index (χ0) is 22.6. The second kappa shape index (κ2) is 9.73. The highest BCUT2D eigenvalue weighted by Crippen LogP contribution is 2.27. The molecule has 0 aliphatic carbocycles. The number of hydrogen-bond acceptors (Lipinski definition) is 7. The van der Waals surface area contributed by atoms with Crippen molar-refractivity contribution < 1.29 is 27.3 Å². The molecule has 1 aliphatic heterocycles. The first kappa shape index (κ1) is 23.1. The maximum absolute atomic E-state index is 14.3. The van der Waals surface area contributed by atoms with Crippen LogP contribution in [-0.4, -0.2) is 55.1 Å². The predicted molar refractivity (Wildman–Crippen MR) is 113 cm³/mol. The number of non-ortho nitro benzene ring substituents is 1. The van der Waals surface area contributed by atoms with Crippen molar-refractivity contribution in [1.29, 1.82) is 0 Å². The third kappa shape index (κ3) is 5.58.